The van der Waals surface area contributed by atoms with E-state index in [0.29, 0.717) is 35.8 Å². The van der Waals surface area contributed by atoms with Crippen LogP contribution in [0.2, 0.25) is 5.02 Å². The standard InChI is InChI=1S/C17H24ClN3O2.ClH/c1-11(2)8-16(22)20-13-5-6-15(18)14(9-13)17(23)21-7-3-4-12(19)10-21;/h5-6,9,11-12H,3-4,7-8,10,19H2,1-2H3,(H,20,22);1H. The Morgan fingerprint density at radius 2 is 2.12 bits per heavy atom. The molecule has 1 saturated heterocycles. The predicted octanol–water partition coefficient (Wildman–Crippen LogP) is 3.31. The lowest BCUT2D eigenvalue weighted by Crippen LogP contribution is -2.45. The van der Waals surface area contributed by atoms with Crippen molar-refractivity contribution >= 4 is 41.5 Å². The molecule has 0 aliphatic carbocycles. The number of anilines is 1. The Hall–Kier alpha value is -1.30. The monoisotopic (exact) mass is 373 g/mol. The molecule has 1 unspecified atom stereocenters. The van der Waals surface area contributed by atoms with Crippen molar-refractivity contribution < 1.29 is 9.59 Å². The maximum atomic E-state index is 12.7. The van der Waals surface area contributed by atoms with Gasteiger partial charge in [-0.2, -0.15) is 0 Å². The minimum Gasteiger partial charge on any atom is -0.337 e. The molecule has 0 aromatic heterocycles. The number of carbonyl (C=O) groups excluding carboxylic acids is 2. The second-order valence-corrected chi connectivity index (χ2v) is 6.90. The van der Waals surface area contributed by atoms with Gasteiger partial charge < -0.3 is 16.0 Å². The summed E-state index contributed by atoms with van der Waals surface area (Å²) in [6.45, 7) is 5.19. The zero-order valence-electron chi connectivity index (χ0n) is 14.0. The first-order chi connectivity index (χ1) is 10.9. The molecule has 0 radical (unpaired) electrons. The molecule has 0 spiro atoms. The van der Waals surface area contributed by atoms with Gasteiger partial charge in [0.2, 0.25) is 5.91 Å². The highest BCUT2D eigenvalue weighted by molar-refractivity contribution is 6.34. The normalized spacial score (nSPS) is 17.4. The highest BCUT2D eigenvalue weighted by Gasteiger charge is 2.24. The summed E-state index contributed by atoms with van der Waals surface area (Å²) < 4.78 is 0. The van der Waals surface area contributed by atoms with E-state index in [9.17, 15) is 9.59 Å². The fourth-order valence-corrected chi connectivity index (χ4v) is 2.91. The van der Waals surface area contributed by atoms with Gasteiger partial charge in [-0.05, 0) is 37.0 Å². The van der Waals surface area contributed by atoms with Gasteiger partial charge in [0.05, 0.1) is 10.6 Å². The smallest absolute Gasteiger partial charge is 0.255 e. The zero-order chi connectivity index (χ0) is 17.0. The lowest BCUT2D eigenvalue weighted by molar-refractivity contribution is -0.116. The van der Waals surface area contributed by atoms with E-state index in [4.69, 9.17) is 17.3 Å². The largest absolute Gasteiger partial charge is 0.337 e. The SMILES string of the molecule is CC(C)CC(=O)Nc1ccc(Cl)c(C(=O)N2CCCC(N)C2)c1.Cl. The molecule has 134 valence electrons. The van der Waals surface area contributed by atoms with Crippen LogP contribution in [0.15, 0.2) is 18.2 Å². The van der Waals surface area contributed by atoms with Crippen LogP contribution in [0.4, 0.5) is 5.69 Å². The van der Waals surface area contributed by atoms with E-state index in [0.717, 1.165) is 12.8 Å². The Morgan fingerprint density at radius 3 is 2.75 bits per heavy atom. The second-order valence-electron chi connectivity index (χ2n) is 6.49. The quantitative estimate of drug-likeness (QED) is 0.849. The van der Waals surface area contributed by atoms with E-state index >= 15 is 0 Å². The van der Waals surface area contributed by atoms with Crippen LogP contribution in [-0.2, 0) is 4.79 Å². The molecule has 1 aromatic rings. The van der Waals surface area contributed by atoms with E-state index in [-0.39, 0.29) is 36.2 Å². The minimum absolute atomic E-state index is 0. The summed E-state index contributed by atoms with van der Waals surface area (Å²) in [5.41, 5.74) is 6.93. The van der Waals surface area contributed by atoms with Gasteiger partial charge in [0, 0.05) is 31.2 Å². The average Bonchev–Trinajstić information content (AvgIpc) is 2.47. The number of nitrogens with zero attached hydrogens (tertiary/aromatic N) is 1. The molecule has 1 heterocycles. The van der Waals surface area contributed by atoms with Gasteiger partial charge in [0.15, 0.2) is 0 Å². The number of carbonyl (C=O) groups is 2. The summed E-state index contributed by atoms with van der Waals surface area (Å²) in [6.07, 6.45) is 2.27. The maximum Gasteiger partial charge on any atom is 0.255 e. The fraction of sp³-hybridized carbons (Fsp3) is 0.529. The molecular formula is C17H25Cl2N3O2. The van der Waals surface area contributed by atoms with Crippen molar-refractivity contribution in [1.82, 2.24) is 4.90 Å². The number of piperidine rings is 1. The van der Waals surface area contributed by atoms with Gasteiger partial charge in [0.25, 0.3) is 5.91 Å². The molecule has 1 aliphatic rings. The summed E-state index contributed by atoms with van der Waals surface area (Å²) in [7, 11) is 0. The number of amides is 2. The molecule has 7 heteroatoms. The van der Waals surface area contributed by atoms with Gasteiger partial charge in [0.1, 0.15) is 0 Å². The Bertz CT molecular complexity index is 593. The first-order valence-electron chi connectivity index (χ1n) is 8.01. The minimum atomic E-state index is -0.134. The topological polar surface area (TPSA) is 75.4 Å². The Balaban J connectivity index is 0.00000288. The summed E-state index contributed by atoms with van der Waals surface area (Å²) in [6, 6.07) is 5.01. The lowest BCUT2D eigenvalue weighted by Gasteiger charge is -2.31. The molecular weight excluding hydrogens is 349 g/mol. The molecule has 2 rings (SSSR count). The van der Waals surface area contributed by atoms with E-state index in [1.54, 1.807) is 23.1 Å². The number of nitrogens with two attached hydrogens (primary N) is 1. The van der Waals surface area contributed by atoms with Crippen molar-refractivity contribution in [2.24, 2.45) is 11.7 Å². The number of rotatable bonds is 4. The van der Waals surface area contributed by atoms with Crippen molar-refractivity contribution in [3.8, 4) is 0 Å². The molecule has 1 fully saturated rings. The summed E-state index contributed by atoms with van der Waals surface area (Å²) in [4.78, 5) is 26.3. The van der Waals surface area contributed by atoms with Crippen molar-refractivity contribution in [3.05, 3.63) is 28.8 Å². The van der Waals surface area contributed by atoms with Crippen LogP contribution in [0.5, 0.6) is 0 Å². The fourth-order valence-electron chi connectivity index (χ4n) is 2.71. The van der Waals surface area contributed by atoms with Crippen LogP contribution < -0.4 is 11.1 Å². The highest BCUT2D eigenvalue weighted by atomic mass is 35.5. The number of likely N-dealkylation sites (tertiary alicyclic amines) is 1. The molecule has 0 saturated carbocycles. The molecule has 0 bridgehead atoms. The first kappa shape index (κ1) is 20.7. The molecule has 1 atom stereocenters. The Labute approximate surface area is 154 Å². The molecule has 1 aromatic carbocycles. The van der Waals surface area contributed by atoms with Crippen molar-refractivity contribution in [1.29, 1.82) is 0 Å². The van der Waals surface area contributed by atoms with Gasteiger partial charge in [-0.3, -0.25) is 9.59 Å². The Morgan fingerprint density at radius 1 is 1.42 bits per heavy atom. The molecule has 3 N–H and O–H groups in total. The van der Waals surface area contributed by atoms with Crippen molar-refractivity contribution in [3.63, 3.8) is 0 Å². The van der Waals surface area contributed by atoms with E-state index in [1.807, 2.05) is 13.8 Å². The number of benzene rings is 1. The number of hydrogen-bond donors (Lipinski definition) is 2. The van der Waals surface area contributed by atoms with Crippen LogP contribution >= 0.6 is 24.0 Å². The van der Waals surface area contributed by atoms with Crippen LogP contribution in [0.1, 0.15) is 43.5 Å². The summed E-state index contributed by atoms with van der Waals surface area (Å²) in [5.74, 6) is 0.0732. The van der Waals surface area contributed by atoms with E-state index in [2.05, 4.69) is 5.32 Å². The highest BCUT2D eigenvalue weighted by Crippen LogP contribution is 2.24. The van der Waals surface area contributed by atoms with Crippen LogP contribution in [0.25, 0.3) is 0 Å². The Kier molecular flexibility index (Phi) is 8.00. The molecule has 1 aliphatic heterocycles. The lowest BCUT2D eigenvalue weighted by atomic mass is 10.0. The number of nitrogens with one attached hydrogen (secondary N) is 1. The third-order valence-corrected chi connectivity index (χ3v) is 4.15. The van der Waals surface area contributed by atoms with Crippen molar-refractivity contribution in [2.75, 3.05) is 18.4 Å². The van der Waals surface area contributed by atoms with Crippen LogP contribution in [0.3, 0.4) is 0 Å². The van der Waals surface area contributed by atoms with Crippen LogP contribution in [-0.4, -0.2) is 35.8 Å². The zero-order valence-corrected chi connectivity index (χ0v) is 15.6. The molecule has 2 amide bonds. The average molecular weight is 374 g/mol. The number of halogens is 2. The van der Waals surface area contributed by atoms with Gasteiger partial charge in [-0.25, -0.2) is 0 Å². The molecule has 5 nitrogen and oxygen atoms in total. The van der Waals surface area contributed by atoms with E-state index < -0.39 is 0 Å². The van der Waals surface area contributed by atoms with Crippen molar-refractivity contribution in [2.45, 2.75) is 39.2 Å². The third kappa shape index (κ3) is 5.65. The van der Waals surface area contributed by atoms with E-state index in [1.165, 1.54) is 0 Å². The van der Waals surface area contributed by atoms with Gasteiger partial charge in [-0.1, -0.05) is 25.4 Å². The van der Waals surface area contributed by atoms with Gasteiger partial charge >= 0.3 is 0 Å². The summed E-state index contributed by atoms with van der Waals surface area (Å²) in [5, 5.41) is 3.20. The maximum absolute atomic E-state index is 12.7. The predicted molar refractivity (Wildman–Crippen MR) is 99.9 cm³/mol. The molecule has 24 heavy (non-hydrogen) atoms. The van der Waals surface area contributed by atoms with Gasteiger partial charge in [-0.15, -0.1) is 12.4 Å². The summed E-state index contributed by atoms with van der Waals surface area (Å²) >= 11 is 6.18. The van der Waals surface area contributed by atoms with Crippen LogP contribution in [0, 0.1) is 5.92 Å². The second kappa shape index (κ2) is 9.25. The third-order valence-electron chi connectivity index (χ3n) is 3.82. The first-order valence-corrected chi connectivity index (χ1v) is 8.39. The number of hydrogen-bond acceptors (Lipinski definition) is 3.